The maximum atomic E-state index is 6.11. The second-order valence-corrected chi connectivity index (χ2v) is 4.89. The van der Waals surface area contributed by atoms with Gasteiger partial charge in [-0.25, -0.2) is 9.97 Å². The van der Waals surface area contributed by atoms with Crippen LogP contribution >= 0.6 is 0 Å². The normalized spacial score (nSPS) is 10.5. The van der Waals surface area contributed by atoms with Gasteiger partial charge in [0.1, 0.15) is 12.0 Å². The highest BCUT2D eigenvalue weighted by atomic mass is 15.2. The second kappa shape index (κ2) is 6.23. The van der Waals surface area contributed by atoms with Crippen LogP contribution in [0, 0.1) is 5.92 Å². The molecule has 1 aromatic rings. The topological polar surface area (TPSA) is 58.3 Å². The average Bonchev–Trinajstić information content (AvgIpc) is 2.31. The molecule has 0 spiro atoms. The highest BCUT2D eigenvalue weighted by molar-refractivity contribution is 5.75. The van der Waals surface area contributed by atoms with Gasteiger partial charge in [0.15, 0.2) is 11.6 Å². The van der Waals surface area contributed by atoms with Gasteiger partial charge in [-0.1, -0.05) is 20.4 Å². The number of aromatic nitrogens is 2. The van der Waals surface area contributed by atoms with E-state index in [4.69, 9.17) is 5.73 Å². The molecule has 0 atom stereocenters. The Balaban J connectivity index is 2.99. The second-order valence-electron chi connectivity index (χ2n) is 4.89. The Kier molecular flexibility index (Phi) is 4.95. The van der Waals surface area contributed by atoms with Gasteiger partial charge in [-0.3, -0.25) is 0 Å². The summed E-state index contributed by atoms with van der Waals surface area (Å²) in [6, 6.07) is 0. The van der Waals surface area contributed by atoms with Crippen LogP contribution in [0.25, 0.3) is 0 Å². The lowest BCUT2D eigenvalue weighted by Gasteiger charge is -2.23. The van der Waals surface area contributed by atoms with Crippen LogP contribution in [0.5, 0.6) is 0 Å². The van der Waals surface area contributed by atoms with Gasteiger partial charge in [0.05, 0.1) is 0 Å². The van der Waals surface area contributed by atoms with Gasteiger partial charge in [0.2, 0.25) is 0 Å². The van der Waals surface area contributed by atoms with Crippen LogP contribution in [0.4, 0.5) is 17.3 Å². The molecule has 1 heterocycles. The average molecular weight is 249 g/mol. The van der Waals surface area contributed by atoms with Crippen LogP contribution in [0.2, 0.25) is 0 Å². The zero-order chi connectivity index (χ0) is 13.7. The smallest absolute Gasteiger partial charge is 0.161 e. The molecular formula is C13H23N5. The third-order valence-electron chi connectivity index (χ3n) is 2.71. The minimum absolute atomic E-state index is 0.589. The molecule has 0 aromatic carbocycles. The first-order valence-corrected chi connectivity index (χ1v) is 6.14. The van der Waals surface area contributed by atoms with Gasteiger partial charge < -0.3 is 15.5 Å². The lowest BCUT2D eigenvalue weighted by Crippen LogP contribution is -2.23. The predicted octanol–water partition coefficient (Wildman–Crippen LogP) is 2.12. The van der Waals surface area contributed by atoms with Gasteiger partial charge in [-0.05, 0) is 18.5 Å². The molecule has 0 aliphatic carbocycles. The number of nitrogen functional groups attached to an aromatic ring is 1. The maximum Gasteiger partial charge on any atom is 0.161 e. The van der Waals surface area contributed by atoms with E-state index in [1.807, 2.05) is 23.9 Å². The molecule has 5 nitrogen and oxygen atoms in total. The summed E-state index contributed by atoms with van der Waals surface area (Å²) in [5.74, 6) is 2.09. The van der Waals surface area contributed by atoms with Crippen molar-refractivity contribution in [1.29, 1.82) is 0 Å². The van der Waals surface area contributed by atoms with Crippen molar-refractivity contribution in [2.24, 2.45) is 5.92 Å². The Morgan fingerprint density at radius 1 is 1.33 bits per heavy atom. The summed E-state index contributed by atoms with van der Waals surface area (Å²) >= 11 is 0. The third kappa shape index (κ3) is 3.35. The molecule has 0 aliphatic rings. The van der Waals surface area contributed by atoms with Crippen molar-refractivity contribution >= 4 is 17.3 Å². The molecular weight excluding hydrogens is 226 g/mol. The maximum absolute atomic E-state index is 6.11. The fourth-order valence-corrected chi connectivity index (χ4v) is 1.64. The Bertz CT molecular complexity index is 400. The highest BCUT2D eigenvalue weighted by Gasteiger charge is 2.14. The first kappa shape index (κ1) is 14.3. The van der Waals surface area contributed by atoms with E-state index in [1.54, 1.807) is 6.20 Å². The zero-order valence-electron chi connectivity index (χ0n) is 11.7. The van der Waals surface area contributed by atoms with Crippen molar-refractivity contribution in [3.63, 3.8) is 0 Å². The number of hydrogen-bond acceptors (Lipinski definition) is 5. The van der Waals surface area contributed by atoms with Crippen LogP contribution in [0.15, 0.2) is 19.1 Å². The van der Waals surface area contributed by atoms with E-state index in [0.717, 1.165) is 24.6 Å². The molecule has 0 amide bonds. The summed E-state index contributed by atoms with van der Waals surface area (Å²) in [6.45, 7) is 9.06. The van der Waals surface area contributed by atoms with Crippen LogP contribution in [0.3, 0.4) is 0 Å². The molecule has 0 radical (unpaired) electrons. The fourth-order valence-electron chi connectivity index (χ4n) is 1.64. The van der Waals surface area contributed by atoms with Gasteiger partial charge in [-0.2, -0.15) is 0 Å². The lowest BCUT2D eigenvalue weighted by atomic mass is 10.1. The number of anilines is 3. The lowest BCUT2D eigenvalue weighted by molar-refractivity contribution is 0.589. The number of hydrogen-bond donors (Lipinski definition) is 1. The largest absolute Gasteiger partial charge is 0.393 e. The number of rotatable bonds is 6. The molecule has 0 bridgehead atoms. The zero-order valence-corrected chi connectivity index (χ0v) is 11.7. The Morgan fingerprint density at radius 2 is 1.94 bits per heavy atom. The van der Waals surface area contributed by atoms with Crippen molar-refractivity contribution in [2.45, 2.75) is 20.3 Å². The molecule has 5 heteroatoms. The van der Waals surface area contributed by atoms with E-state index < -0.39 is 0 Å². The van der Waals surface area contributed by atoms with Crippen LogP contribution in [-0.4, -0.2) is 30.6 Å². The molecule has 18 heavy (non-hydrogen) atoms. The fraction of sp³-hybridized carbons (Fsp3) is 0.538. The Morgan fingerprint density at radius 3 is 2.44 bits per heavy atom. The van der Waals surface area contributed by atoms with Crippen molar-refractivity contribution < 1.29 is 0 Å². The quantitative estimate of drug-likeness (QED) is 0.837. The molecule has 0 saturated carbocycles. The molecule has 0 fully saturated rings. The van der Waals surface area contributed by atoms with Gasteiger partial charge >= 0.3 is 0 Å². The molecule has 0 saturated heterocycles. The monoisotopic (exact) mass is 249 g/mol. The van der Waals surface area contributed by atoms with Gasteiger partial charge in [0, 0.05) is 20.6 Å². The van der Waals surface area contributed by atoms with Crippen LogP contribution < -0.4 is 15.5 Å². The van der Waals surface area contributed by atoms with Crippen molar-refractivity contribution in [2.75, 3.05) is 36.2 Å². The van der Waals surface area contributed by atoms with E-state index in [1.165, 1.54) is 6.33 Å². The van der Waals surface area contributed by atoms with Crippen molar-refractivity contribution in [3.05, 3.63) is 19.1 Å². The van der Waals surface area contributed by atoms with Crippen LogP contribution in [-0.2, 0) is 0 Å². The third-order valence-corrected chi connectivity index (χ3v) is 2.71. The Hall–Kier alpha value is -1.78. The standard InChI is InChI=1S/C13H23N5/c1-6-18(8-7-10(2)3)13-11(14)12(17(4)5)15-9-16-13/h6,9-10H,1,7-8,14H2,2-5H3. The van der Waals surface area contributed by atoms with E-state index in [2.05, 4.69) is 30.4 Å². The van der Waals surface area contributed by atoms with E-state index in [-0.39, 0.29) is 0 Å². The Labute approximate surface area is 109 Å². The summed E-state index contributed by atoms with van der Waals surface area (Å²) in [6.07, 6.45) is 4.36. The molecule has 0 unspecified atom stereocenters. The molecule has 1 rings (SSSR count). The minimum Gasteiger partial charge on any atom is -0.393 e. The molecule has 100 valence electrons. The molecule has 0 aliphatic heterocycles. The number of nitrogens with zero attached hydrogens (tertiary/aromatic N) is 4. The van der Waals surface area contributed by atoms with Crippen molar-refractivity contribution in [1.82, 2.24) is 9.97 Å². The first-order valence-electron chi connectivity index (χ1n) is 6.14. The van der Waals surface area contributed by atoms with E-state index >= 15 is 0 Å². The summed E-state index contributed by atoms with van der Waals surface area (Å²) in [7, 11) is 3.82. The first-order chi connectivity index (χ1) is 8.47. The summed E-state index contributed by atoms with van der Waals surface area (Å²) in [5.41, 5.74) is 6.70. The molecule has 2 N–H and O–H groups in total. The summed E-state index contributed by atoms with van der Waals surface area (Å²) in [4.78, 5) is 12.3. The SMILES string of the molecule is C=CN(CCC(C)C)c1ncnc(N(C)C)c1N. The minimum atomic E-state index is 0.589. The highest BCUT2D eigenvalue weighted by Crippen LogP contribution is 2.28. The number of nitrogens with two attached hydrogens (primary N) is 1. The summed E-state index contributed by atoms with van der Waals surface area (Å²) in [5, 5.41) is 0. The van der Waals surface area contributed by atoms with Crippen molar-refractivity contribution in [3.8, 4) is 0 Å². The van der Waals surface area contributed by atoms with E-state index in [9.17, 15) is 0 Å². The van der Waals surface area contributed by atoms with Crippen LogP contribution in [0.1, 0.15) is 20.3 Å². The van der Waals surface area contributed by atoms with E-state index in [0.29, 0.717) is 11.6 Å². The van der Waals surface area contributed by atoms with Gasteiger partial charge in [-0.15, -0.1) is 0 Å². The molecule has 1 aromatic heterocycles. The van der Waals surface area contributed by atoms with Gasteiger partial charge in [0.25, 0.3) is 0 Å². The summed E-state index contributed by atoms with van der Waals surface area (Å²) < 4.78 is 0. The predicted molar refractivity (Wildman–Crippen MR) is 77.8 cm³/mol.